The standard InChI is InChI=1S/C12H20N2OS/c1-9-11(16-10(2)14-9)7-13-8-12(3)5-4-6-15-12/h13H,4-8H2,1-3H3. The Labute approximate surface area is 101 Å². The summed E-state index contributed by atoms with van der Waals surface area (Å²) in [7, 11) is 0. The molecule has 1 aromatic rings. The Bertz CT molecular complexity index is 356. The Kier molecular flexibility index (Phi) is 3.62. The number of nitrogens with zero attached hydrogens (tertiary/aromatic N) is 1. The fourth-order valence-electron chi connectivity index (χ4n) is 2.15. The van der Waals surface area contributed by atoms with E-state index in [2.05, 4.69) is 31.1 Å². The summed E-state index contributed by atoms with van der Waals surface area (Å²) in [6.07, 6.45) is 2.36. The minimum atomic E-state index is 0.0492. The van der Waals surface area contributed by atoms with Crippen molar-refractivity contribution < 1.29 is 4.74 Å². The average Bonchev–Trinajstić information content (AvgIpc) is 2.75. The zero-order valence-corrected chi connectivity index (χ0v) is 11.1. The molecule has 90 valence electrons. The van der Waals surface area contributed by atoms with Crippen molar-refractivity contribution in [1.29, 1.82) is 0 Å². The lowest BCUT2D eigenvalue weighted by Crippen LogP contribution is -2.36. The Morgan fingerprint density at radius 3 is 2.88 bits per heavy atom. The molecule has 0 spiro atoms. The number of thiazole rings is 1. The van der Waals surface area contributed by atoms with Crippen LogP contribution in [0.15, 0.2) is 0 Å². The maximum atomic E-state index is 5.74. The maximum Gasteiger partial charge on any atom is 0.0900 e. The average molecular weight is 240 g/mol. The zero-order chi connectivity index (χ0) is 11.6. The van der Waals surface area contributed by atoms with Crippen LogP contribution in [0.5, 0.6) is 0 Å². The molecule has 0 saturated carbocycles. The normalized spacial score (nSPS) is 25.2. The van der Waals surface area contributed by atoms with Crippen LogP contribution < -0.4 is 5.32 Å². The van der Waals surface area contributed by atoms with Crippen molar-refractivity contribution in [2.45, 2.75) is 45.8 Å². The summed E-state index contributed by atoms with van der Waals surface area (Å²) in [4.78, 5) is 5.77. The molecule has 0 amide bonds. The molecule has 1 N–H and O–H groups in total. The molecule has 3 nitrogen and oxygen atoms in total. The van der Waals surface area contributed by atoms with Gasteiger partial charge < -0.3 is 10.1 Å². The second-order valence-electron chi connectivity index (χ2n) is 4.75. The van der Waals surface area contributed by atoms with Crippen LogP contribution in [-0.4, -0.2) is 23.7 Å². The topological polar surface area (TPSA) is 34.2 Å². The highest BCUT2D eigenvalue weighted by Gasteiger charge is 2.29. The molecule has 0 bridgehead atoms. The molecule has 0 aliphatic carbocycles. The Hall–Kier alpha value is -0.450. The smallest absolute Gasteiger partial charge is 0.0900 e. The summed E-state index contributed by atoms with van der Waals surface area (Å²) >= 11 is 1.78. The molecule has 1 saturated heterocycles. The number of aryl methyl sites for hydroxylation is 2. The minimum absolute atomic E-state index is 0.0492. The van der Waals surface area contributed by atoms with Crippen LogP contribution in [0.3, 0.4) is 0 Å². The summed E-state index contributed by atoms with van der Waals surface area (Å²) in [5, 5.41) is 4.63. The fourth-order valence-corrected chi connectivity index (χ4v) is 3.06. The predicted molar refractivity (Wildman–Crippen MR) is 66.9 cm³/mol. The molecule has 1 aliphatic heterocycles. The molecule has 4 heteroatoms. The van der Waals surface area contributed by atoms with Crippen molar-refractivity contribution in [2.24, 2.45) is 0 Å². The quantitative estimate of drug-likeness (QED) is 0.877. The highest BCUT2D eigenvalue weighted by molar-refractivity contribution is 7.11. The minimum Gasteiger partial charge on any atom is -0.374 e. The van der Waals surface area contributed by atoms with Gasteiger partial charge in [-0.3, -0.25) is 0 Å². The first-order valence-electron chi connectivity index (χ1n) is 5.87. The van der Waals surface area contributed by atoms with Gasteiger partial charge in [-0.1, -0.05) is 0 Å². The van der Waals surface area contributed by atoms with Gasteiger partial charge in [0.2, 0.25) is 0 Å². The molecular weight excluding hydrogens is 220 g/mol. The van der Waals surface area contributed by atoms with Gasteiger partial charge in [0.25, 0.3) is 0 Å². The van der Waals surface area contributed by atoms with Crippen molar-refractivity contribution in [3.8, 4) is 0 Å². The maximum absolute atomic E-state index is 5.74. The molecule has 1 unspecified atom stereocenters. The van der Waals surface area contributed by atoms with Gasteiger partial charge in [0.1, 0.15) is 0 Å². The molecule has 0 aromatic carbocycles. The first kappa shape index (κ1) is 12.0. The van der Waals surface area contributed by atoms with Crippen LogP contribution in [0, 0.1) is 13.8 Å². The summed E-state index contributed by atoms with van der Waals surface area (Å²) < 4.78 is 5.74. The van der Waals surface area contributed by atoms with Crippen molar-refractivity contribution >= 4 is 11.3 Å². The Balaban J connectivity index is 1.81. The molecule has 1 atom stereocenters. The van der Waals surface area contributed by atoms with E-state index in [1.54, 1.807) is 11.3 Å². The lowest BCUT2D eigenvalue weighted by atomic mass is 10.0. The van der Waals surface area contributed by atoms with Gasteiger partial charge >= 0.3 is 0 Å². The van der Waals surface area contributed by atoms with Gasteiger partial charge in [-0.05, 0) is 33.6 Å². The Morgan fingerprint density at radius 2 is 2.31 bits per heavy atom. The molecule has 0 radical (unpaired) electrons. The lowest BCUT2D eigenvalue weighted by molar-refractivity contribution is 0.0207. The second-order valence-corrected chi connectivity index (χ2v) is 6.03. The fraction of sp³-hybridized carbons (Fsp3) is 0.750. The largest absolute Gasteiger partial charge is 0.374 e. The van der Waals surface area contributed by atoms with E-state index in [1.807, 2.05) is 0 Å². The second kappa shape index (κ2) is 4.82. The monoisotopic (exact) mass is 240 g/mol. The molecule has 1 fully saturated rings. The number of hydrogen-bond donors (Lipinski definition) is 1. The van der Waals surface area contributed by atoms with Gasteiger partial charge in [0.15, 0.2) is 0 Å². The van der Waals surface area contributed by atoms with E-state index >= 15 is 0 Å². The van der Waals surface area contributed by atoms with Crippen molar-refractivity contribution in [1.82, 2.24) is 10.3 Å². The van der Waals surface area contributed by atoms with Gasteiger partial charge in [0, 0.05) is 24.6 Å². The molecule has 1 aliphatic rings. The van der Waals surface area contributed by atoms with Crippen LogP contribution in [0.1, 0.15) is 35.3 Å². The van der Waals surface area contributed by atoms with Gasteiger partial charge in [-0.15, -0.1) is 11.3 Å². The Morgan fingerprint density at radius 1 is 1.50 bits per heavy atom. The van der Waals surface area contributed by atoms with E-state index in [-0.39, 0.29) is 5.60 Å². The van der Waals surface area contributed by atoms with Crippen LogP contribution in [0.4, 0.5) is 0 Å². The number of ether oxygens (including phenoxy) is 1. The van der Waals surface area contributed by atoms with Crippen molar-refractivity contribution in [2.75, 3.05) is 13.2 Å². The van der Waals surface area contributed by atoms with Crippen LogP contribution in [0.2, 0.25) is 0 Å². The highest BCUT2D eigenvalue weighted by Crippen LogP contribution is 2.24. The third-order valence-electron chi connectivity index (χ3n) is 3.08. The third-order valence-corrected chi connectivity index (χ3v) is 4.16. The first-order chi connectivity index (χ1) is 7.59. The third kappa shape index (κ3) is 2.81. The van der Waals surface area contributed by atoms with Crippen LogP contribution in [0.25, 0.3) is 0 Å². The van der Waals surface area contributed by atoms with E-state index in [0.717, 1.165) is 30.4 Å². The molecular formula is C12H20N2OS. The van der Waals surface area contributed by atoms with Crippen molar-refractivity contribution in [3.05, 3.63) is 15.6 Å². The van der Waals surface area contributed by atoms with Crippen LogP contribution >= 0.6 is 11.3 Å². The van der Waals surface area contributed by atoms with Gasteiger partial charge in [-0.2, -0.15) is 0 Å². The SMILES string of the molecule is Cc1nc(C)c(CNCC2(C)CCCO2)s1. The summed E-state index contributed by atoms with van der Waals surface area (Å²) in [6, 6.07) is 0. The van der Waals surface area contributed by atoms with Crippen LogP contribution in [-0.2, 0) is 11.3 Å². The molecule has 2 heterocycles. The number of rotatable bonds is 4. The number of hydrogen-bond acceptors (Lipinski definition) is 4. The predicted octanol–water partition coefficient (Wildman–Crippen LogP) is 2.42. The molecule has 2 rings (SSSR count). The summed E-state index contributed by atoms with van der Waals surface area (Å²) in [5.41, 5.74) is 1.21. The van der Waals surface area contributed by atoms with E-state index in [1.165, 1.54) is 17.7 Å². The van der Waals surface area contributed by atoms with E-state index in [9.17, 15) is 0 Å². The van der Waals surface area contributed by atoms with Crippen molar-refractivity contribution in [3.63, 3.8) is 0 Å². The van der Waals surface area contributed by atoms with E-state index in [0.29, 0.717) is 0 Å². The molecule has 1 aromatic heterocycles. The van der Waals surface area contributed by atoms with Gasteiger partial charge in [0.05, 0.1) is 16.3 Å². The van der Waals surface area contributed by atoms with E-state index in [4.69, 9.17) is 4.74 Å². The summed E-state index contributed by atoms with van der Waals surface area (Å²) in [6.45, 7) is 9.09. The van der Waals surface area contributed by atoms with Gasteiger partial charge in [-0.25, -0.2) is 4.98 Å². The first-order valence-corrected chi connectivity index (χ1v) is 6.68. The summed E-state index contributed by atoms with van der Waals surface area (Å²) in [5.74, 6) is 0. The highest BCUT2D eigenvalue weighted by atomic mass is 32.1. The van der Waals surface area contributed by atoms with E-state index < -0.39 is 0 Å². The number of nitrogens with one attached hydrogen (secondary N) is 1. The molecule has 16 heavy (non-hydrogen) atoms. The zero-order valence-electron chi connectivity index (χ0n) is 10.3. The lowest BCUT2D eigenvalue weighted by Gasteiger charge is -2.23. The number of aromatic nitrogens is 1.